The van der Waals surface area contributed by atoms with E-state index in [1.54, 1.807) is 19.5 Å². The molecule has 0 radical (unpaired) electrons. The Bertz CT molecular complexity index is 1160. The average molecular weight is 442 g/mol. The Labute approximate surface area is 194 Å². The summed E-state index contributed by atoms with van der Waals surface area (Å²) in [7, 11) is 1.59. The van der Waals surface area contributed by atoms with Crippen molar-refractivity contribution in [3.8, 4) is 5.75 Å². The molecule has 3 aromatic rings. The van der Waals surface area contributed by atoms with Crippen LogP contribution in [0.25, 0.3) is 5.57 Å². The van der Waals surface area contributed by atoms with Crippen molar-refractivity contribution in [2.24, 2.45) is 0 Å². The van der Waals surface area contributed by atoms with Gasteiger partial charge in [-0.2, -0.15) is 0 Å². The molecule has 2 heterocycles. The summed E-state index contributed by atoms with van der Waals surface area (Å²) in [4.78, 5) is 34.7. The van der Waals surface area contributed by atoms with Gasteiger partial charge in [0.15, 0.2) is 0 Å². The molecular formula is C27H27N3O3. The number of likely N-dealkylation sites (N-methyl/N-ethyl adjacent to an activating group) is 1. The molecule has 6 nitrogen and oxygen atoms in total. The lowest BCUT2D eigenvalue weighted by molar-refractivity contribution is -0.138. The number of methoxy groups -OCH3 is 1. The van der Waals surface area contributed by atoms with Gasteiger partial charge in [-0.25, -0.2) is 0 Å². The second-order valence-corrected chi connectivity index (χ2v) is 7.78. The first-order valence-electron chi connectivity index (χ1n) is 11.1. The molecule has 0 spiro atoms. The van der Waals surface area contributed by atoms with E-state index in [1.807, 2.05) is 78.6 Å². The molecular weight excluding hydrogens is 414 g/mol. The third-order valence-electron chi connectivity index (χ3n) is 5.84. The van der Waals surface area contributed by atoms with E-state index in [0.717, 1.165) is 23.1 Å². The van der Waals surface area contributed by atoms with Crippen LogP contribution in [-0.2, 0) is 22.6 Å². The SMILES string of the molecule is CCN(CCc1ccncc1)C1=C(c2ccccc2)C(=O)N(Cc2ccccc2OC)C1=O. The average Bonchev–Trinajstić information content (AvgIpc) is 3.11. The molecule has 1 aromatic heterocycles. The number of ether oxygens (including phenoxy) is 1. The number of benzene rings is 2. The van der Waals surface area contributed by atoms with E-state index in [4.69, 9.17) is 4.74 Å². The van der Waals surface area contributed by atoms with Gasteiger partial charge < -0.3 is 9.64 Å². The highest BCUT2D eigenvalue weighted by Crippen LogP contribution is 2.33. The van der Waals surface area contributed by atoms with Crippen LogP contribution in [0.3, 0.4) is 0 Å². The fraction of sp³-hybridized carbons (Fsp3) is 0.222. The molecule has 0 saturated heterocycles. The number of rotatable bonds is 9. The van der Waals surface area contributed by atoms with Crippen molar-refractivity contribution in [2.75, 3.05) is 20.2 Å². The first-order valence-corrected chi connectivity index (χ1v) is 11.1. The quantitative estimate of drug-likeness (QED) is 0.471. The summed E-state index contributed by atoms with van der Waals surface area (Å²) in [6.07, 6.45) is 4.27. The molecule has 2 aromatic carbocycles. The first-order chi connectivity index (χ1) is 16.1. The van der Waals surface area contributed by atoms with Gasteiger partial charge in [-0.05, 0) is 42.7 Å². The van der Waals surface area contributed by atoms with Gasteiger partial charge in [-0.1, -0.05) is 48.5 Å². The molecule has 1 aliphatic rings. The molecule has 0 unspecified atom stereocenters. The third-order valence-corrected chi connectivity index (χ3v) is 5.84. The van der Waals surface area contributed by atoms with Gasteiger partial charge in [0.05, 0.1) is 19.2 Å². The van der Waals surface area contributed by atoms with E-state index < -0.39 is 0 Å². The predicted molar refractivity (Wildman–Crippen MR) is 127 cm³/mol. The van der Waals surface area contributed by atoms with Crippen molar-refractivity contribution in [3.05, 3.63) is 102 Å². The molecule has 33 heavy (non-hydrogen) atoms. The largest absolute Gasteiger partial charge is 0.496 e. The van der Waals surface area contributed by atoms with Crippen LogP contribution in [0.1, 0.15) is 23.6 Å². The lowest BCUT2D eigenvalue weighted by Crippen LogP contribution is -2.35. The van der Waals surface area contributed by atoms with Gasteiger partial charge in [-0.3, -0.25) is 19.5 Å². The number of hydrogen-bond acceptors (Lipinski definition) is 5. The van der Waals surface area contributed by atoms with Crippen LogP contribution in [-0.4, -0.2) is 46.8 Å². The fourth-order valence-corrected chi connectivity index (χ4v) is 4.11. The van der Waals surface area contributed by atoms with E-state index in [1.165, 1.54) is 4.90 Å². The maximum Gasteiger partial charge on any atom is 0.278 e. The first kappa shape index (κ1) is 22.3. The van der Waals surface area contributed by atoms with Crippen LogP contribution in [0.2, 0.25) is 0 Å². The summed E-state index contributed by atoms with van der Waals surface area (Å²) in [5.41, 5.74) is 3.57. The Hall–Kier alpha value is -3.93. The van der Waals surface area contributed by atoms with Crippen LogP contribution in [0, 0.1) is 0 Å². The van der Waals surface area contributed by atoms with E-state index in [0.29, 0.717) is 30.1 Å². The lowest BCUT2D eigenvalue weighted by Gasteiger charge is -2.25. The van der Waals surface area contributed by atoms with Crippen molar-refractivity contribution in [1.29, 1.82) is 0 Å². The number of carbonyl (C=O) groups excluding carboxylic acids is 2. The number of pyridine rings is 1. The van der Waals surface area contributed by atoms with Gasteiger partial charge in [0.2, 0.25) is 0 Å². The van der Waals surface area contributed by atoms with Crippen LogP contribution < -0.4 is 4.74 Å². The van der Waals surface area contributed by atoms with Crippen molar-refractivity contribution >= 4 is 17.4 Å². The number of aromatic nitrogens is 1. The Morgan fingerprint density at radius 2 is 1.61 bits per heavy atom. The van der Waals surface area contributed by atoms with Gasteiger partial charge in [0, 0.05) is 31.0 Å². The smallest absolute Gasteiger partial charge is 0.278 e. The fourth-order valence-electron chi connectivity index (χ4n) is 4.11. The van der Waals surface area contributed by atoms with Crippen molar-refractivity contribution in [3.63, 3.8) is 0 Å². The van der Waals surface area contributed by atoms with Crippen LogP contribution in [0.4, 0.5) is 0 Å². The molecule has 0 saturated carbocycles. The summed E-state index contributed by atoms with van der Waals surface area (Å²) in [5, 5.41) is 0. The zero-order chi connectivity index (χ0) is 23.2. The third kappa shape index (κ3) is 4.65. The van der Waals surface area contributed by atoms with Gasteiger partial charge in [0.1, 0.15) is 11.4 Å². The Morgan fingerprint density at radius 3 is 2.30 bits per heavy atom. The van der Waals surface area contributed by atoms with E-state index in [2.05, 4.69) is 4.98 Å². The maximum atomic E-state index is 13.7. The topological polar surface area (TPSA) is 62.7 Å². The molecule has 0 N–H and O–H groups in total. The second-order valence-electron chi connectivity index (χ2n) is 7.78. The summed E-state index contributed by atoms with van der Waals surface area (Å²) in [6.45, 7) is 3.39. The Kier molecular flexibility index (Phi) is 6.83. The van der Waals surface area contributed by atoms with E-state index in [-0.39, 0.29) is 18.4 Å². The van der Waals surface area contributed by atoms with Gasteiger partial charge in [-0.15, -0.1) is 0 Å². The van der Waals surface area contributed by atoms with Crippen molar-refractivity contribution < 1.29 is 14.3 Å². The molecule has 0 aliphatic carbocycles. The molecule has 0 bridgehead atoms. The summed E-state index contributed by atoms with van der Waals surface area (Å²) in [5.74, 6) is 0.0913. The maximum absolute atomic E-state index is 13.7. The van der Waals surface area contributed by atoms with Crippen LogP contribution in [0.15, 0.2) is 84.8 Å². The minimum Gasteiger partial charge on any atom is -0.496 e. The Morgan fingerprint density at radius 1 is 0.909 bits per heavy atom. The minimum absolute atomic E-state index is 0.156. The number of imide groups is 1. The monoisotopic (exact) mass is 441 g/mol. The summed E-state index contributed by atoms with van der Waals surface area (Å²) in [6, 6.07) is 20.8. The highest BCUT2D eigenvalue weighted by molar-refractivity contribution is 6.35. The number of nitrogens with zero attached hydrogens (tertiary/aromatic N) is 3. The lowest BCUT2D eigenvalue weighted by atomic mass is 10.0. The van der Waals surface area contributed by atoms with Gasteiger partial charge in [0.25, 0.3) is 11.8 Å². The van der Waals surface area contributed by atoms with Crippen molar-refractivity contribution in [2.45, 2.75) is 19.9 Å². The zero-order valence-electron chi connectivity index (χ0n) is 18.9. The van der Waals surface area contributed by atoms with Gasteiger partial charge >= 0.3 is 0 Å². The van der Waals surface area contributed by atoms with Crippen molar-refractivity contribution in [1.82, 2.24) is 14.8 Å². The molecule has 1 aliphatic heterocycles. The number of hydrogen-bond donors (Lipinski definition) is 0. The van der Waals surface area contributed by atoms with E-state index in [9.17, 15) is 9.59 Å². The highest BCUT2D eigenvalue weighted by atomic mass is 16.5. The van der Waals surface area contributed by atoms with Crippen LogP contribution in [0.5, 0.6) is 5.75 Å². The Balaban J connectivity index is 1.69. The minimum atomic E-state index is -0.283. The standard InChI is InChI=1S/C27H27N3O3/c1-3-29(18-15-20-13-16-28-17-14-20)25-24(21-9-5-4-6-10-21)26(31)30(27(25)32)19-22-11-7-8-12-23(22)33-2/h4-14,16-17H,3,15,18-19H2,1-2H3. The van der Waals surface area contributed by atoms with Crippen LogP contribution >= 0.6 is 0 Å². The molecule has 168 valence electrons. The highest BCUT2D eigenvalue weighted by Gasteiger charge is 2.41. The molecule has 0 fully saturated rings. The summed E-state index contributed by atoms with van der Waals surface area (Å²) >= 11 is 0. The number of para-hydroxylation sites is 1. The zero-order valence-corrected chi connectivity index (χ0v) is 18.9. The molecule has 0 atom stereocenters. The normalized spacial score (nSPS) is 13.6. The van der Waals surface area contributed by atoms with E-state index >= 15 is 0 Å². The number of carbonyl (C=O) groups is 2. The molecule has 4 rings (SSSR count). The molecule has 6 heteroatoms. The molecule has 2 amide bonds. The summed E-state index contributed by atoms with van der Waals surface area (Å²) < 4.78 is 5.44. The second kappa shape index (κ2) is 10.1. The predicted octanol–water partition coefficient (Wildman–Crippen LogP) is 3.93. The number of amides is 2.